The topological polar surface area (TPSA) is 71.6 Å². The smallest absolute Gasteiger partial charge is 0.266 e. The van der Waals surface area contributed by atoms with E-state index >= 15 is 0 Å². The average Bonchev–Trinajstić information content (AvgIpc) is 2.67. The largest absolute Gasteiger partial charge is 0.393 e. The molecule has 1 saturated heterocycles. The van der Waals surface area contributed by atoms with Crippen LogP contribution in [0.5, 0.6) is 0 Å². The highest BCUT2D eigenvalue weighted by Crippen LogP contribution is 2.12. The van der Waals surface area contributed by atoms with Gasteiger partial charge in [-0.3, -0.25) is 0 Å². The number of aromatic nitrogens is 2. The number of nitrogens with zero attached hydrogens (tertiary/aromatic N) is 3. The minimum Gasteiger partial charge on any atom is -0.393 e. The number of morpholine rings is 1. The molecule has 2 rings (SSSR count). The number of ether oxygens (including phenoxy) is 1. The number of anilines is 1. The second kappa shape index (κ2) is 4.59. The number of hydrogen-bond donors (Lipinski definition) is 1. The van der Waals surface area contributed by atoms with E-state index in [2.05, 4.69) is 10.1 Å². The highest BCUT2D eigenvalue weighted by molar-refractivity contribution is 5.27. The molecule has 1 fully saturated rings. The first kappa shape index (κ1) is 10.4. The van der Waals surface area contributed by atoms with Crippen LogP contribution >= 0.6 is 0 Å². The normalized spacial score (nSPS) is 19.2. The van der Waals surface area contributed by atoms with Gasteiger partial charge in [-0.05, 0) is 12.1 Å². The summed E-state index contributed by atoms with van der Waals surface area (Å²) in [6.07, 6.45) is -0.0554. The van der Waals surface area contributed by atoms with Gasteiger partial charge in [-0.15, -0.1) is 0 Å². The second-order valence-electron chi connectivity index (χ2n) is 3.64. The Balaban J connectivity index is 1.99. The van der Waals surface area contributed by atoms with E-state index in [1.165, 1.54) is 0 Å². The summed E-state index contributed by atoms with van der Waals surface area (Å²) in [6.45, 7) is 4.65. The van der Waals surface area contributed by atoms with Crippen molar-refractivity contribution in [3.8, 4) is 0 Å². The van der Waals surface area contributed by atoms with Gasteiger partial charge in [0.2, 0.25) is 5.89 Å². The lowest BCUT2D eigenvalue weighted by Crippen LogP contribution is -2.36. The molecule has 0 amide bonds. The van der Waals surface area contributed by atoms with E-state index in [0.717, 1.165) is 13.1 Å². The van der Waals surface area contributed by atoms with Crippen molar-refractivity contribution < 1.29 is 14.4 Å². The van der Waals surface area contributed by atoms with E-state index in [-0.39, 0.29) is 0 Å². The molecule has 1 aliphatic heterocycles. The summed E-state index contributed by atoms with van der Waals surface area (Å²) in [7, 11) is 0. The molecule has 1 atom stereocenters. The molecule has 1 aromatic rings. The van der Waals surface area contributed by atoms with Gasteiger partial charge in [-0.25, -0.2) is 0 Å². The Labute approximate surface area is 87.8 Å². The van der Waals surface area contributed by atoms with Crippen LogP contribution in [0.2, 0.25) is 0 Å². The van der Waals surface area contributed by atoms with Gasteiger partial charge in [0.1, 0.15) is 0 Å². The third kappa shape index (κ3) is 2.66. The predicted molar refractivity (Wildman–Crippen MR) is 52.7 cm³/mol. The van der Waals surface area contributed by atoms with Gasteiger partial charge < -0.3 is 19.3 Å². The summed E-state index contributed by atoms with van der Waals surface area (Å²) < 4.78 is 10.2. The second-order valence-corrected chi connectivity index (χ2v) is 3.64. The Kier molecular flexibility index (Phi) is 3.17. The summed E-state index contributed by atoms with van der Waals surface area (Å²) in [6, 6.07) is 0. The maximum absolute atomic E-state index is 9.16. The van der Waals surface area contributed by atoms with E-state index in [1.807, 2.05) is 4.90 Å². The van der Waals surface area contributed by atoms with Gasteiger partial charge in [0, 0.05) is 13.1 Å². The molecule has 2 heterocycles. The van der Waals surface area contributed by atoms with Gasteiger partial charge in [0.05, 0.1) is 25.7 Å². The Hall–Kier alpha value is -1.14. The first-order valence-corrected chi connectivity index (χ1v) is 5.09. The summed E-state index contributed by atoms with van der Waals surface area (Å²) in [5.41, 5.74) is 0. The van der Waals surface area contributed by atoms with Crippen LogP contribution in [0.4, 0.5) is 5.95 Å². The number of aliphatic hydroxyl groups is 1. The summed E-state index contributed by atoms with van der Waals surface area (Å²) in [5.74, 6) is 1.07. The fraction of sp³-hybridized carbons (Fsp3) is 0.778. The van der Waals surface area contributed by atoms with Gasteiger partial charge in [-0.1, -0.05) is 0 Å². The van der Waals surface area contributed by atoms with E-state index < -0.39 is 6.10 Å². The van der Waals surface area contributed by atoms with Crippen molar-refractivity contribution in [2.24, 2.45) is 0 Å². The molecule has 0 spiro atoms. The molecule has 6 heteroatoms. The lowest BCUT2D eigenvalue weighted by atomic mass is 10.3. The zero-order chi connectivity index (χ0) is 10.7. The Morgan fingerprint density at radius 3 is 2.87 bits per heavy atom. The molecule has 6 nitrogen and oxygen atoms in total. The van der Waals surface area contributed by atoms with Crippen LogP contribution in [0.15, 0.2) is 4.52 Å². The summed E-state index contributed by atoms with van der Waals surface area (Å²) in [4.78, 5) is 6.22. The van der Waals surface area contributed by atoms with E-state index in [9.17, 15) is 0 Å². The molecule has 84 valence electrons. The van der Waals surface area contributed by atoms with Crippen LogP contribution < -0.4 is 4.90 Å². The molecule has 1 unspecified atom stereocenters. The van der Waals surface area contributed by atoms with E-state index in [4.69, 9.17) is 14.4 Å². The molecular weight excluding hydrogens is 198 g/mol. The van der Waals surface area contributed by atoms with Crippen LogP contribution in [0.1, 0.15) is 12.8 Å². The summed E-state index contributed by atoms with van der Waals surface area (Å²) >= 11 is 0. The fourth-order valence-electron chi connectivity index (χ4n) is 1.47. The zero-order valence-electron chi connectivity index (χ0n) is 8.72. The van der Waals surface area contributed by atoms with Crippen molar-refractivity contribution in [3.63, 3.8) is 0 Å². The van der Waals surface area contributed by atoms with E-state index in [0.29, 0.717) is 31.5 Å². The Morgan fingerprint density at radius 1 is 1.47 bits per heavy atom. The first-order valence-electron chi connectivity index (χ1n) is 5.09. The van der Waals surface area contributed by atoms with Gasteiger partial charge in [0.25, 0.3) is 5.95 Å². The van der Waals surface area contributed by atoms with Gasteiger partial charge in [-0.2, -0.15) is 4.98 Å². The molecule has 0 bridgehead atoms. The minimum atomic E-state index is -0.456. The van der Waals surface area contributed by atoms with Crippen LogP contribution in [0.25, 0.3) is 0 Å². The molecule has 1 aliphatic rings. The van der Waals surface area contributed by atoms with Crippen LogP contribution in [0, 0.1) is 0 Å². The number of aliphatic hydroxyl groups excluding tert-OH is 1. The molecule has 0 aliphatic carbocycles. The Morgan fingerprint density at radius 2 is 2.20 bits per heavy atom. The lowest BCUT2D eigenvalue weighted by Gasteiger charge is -2.24. The van der Waals surface area contributed by atoms with Crippen molar-refractivity contribution in [2.45, 2.75) is 19.4 Å². The van der Waals surface area contributed by atoms with Crippen LogP contribution in [-0.4, -0.2) is 47.7 Å². The third-order valence-corrected chi connectivity index (χ3v) is 2.22. The van der Waals surface area contributed by atoms with E-state index in [1.54, 1.807) is 6.92 Å². The van der Waals surface area contributed by atoms with Crippen molar-refractivity contribution in [1.82, 2.24) is 10.1 Å². The van der Waals surface area contributed by atoms with Crippen LogP contribution in [0.3, 0.4) is 0 Å². The van der Waals surface area contributed by atoms with Gasteiger partial charge >= 0.3 is 0 Å². The van der Waals surface area contributed by atoms with Crippen molar-refractivity contribution in [1.29, 1.82) is 0 Å². The monoisotopic (exact) mass is 213 g/mol. The van der Waals surface area contributed by atoms with Crippen LogP contribution in [-0.2, 0) is 11.2 Å². The zero-order valence-corrected chi connectivity index (χ0v) is 8.72. The highest BCUT2D eigenvalue weighted by Gasteiger charge is 2.17. The van der Waals surface area contributed by atoms with Crippen molar-refractivity contribution >= 4 is 5.95 Å². The van der Waals surface area contributed by atoms with Crippen molar-refractivity contribution in [3.05, 3.63) is 5.89 Å². The SMILES string of the molecule is CC(O)Cc1nc(N2CCOCC2)no1. The highest BCUT2D eigenvalue weighted by atomic mass is 16.5. The van der Waals surface area contributed by atoms with Crippen molar-refractivity contribution in [2.75, 3.05) is 31.2 Å². The molecule has 0 aromatic carbocycles. The number of hydrogen-bond acceptors (Lipinski definition) is 6. The standard InChI is InChI=1S/C9H15N3O3/c1-7(13)6-8-10-9(11-15-8)12-2-4-14-5-3-12/h7,13H,2-6H2,1H3. The van der Waals surface area contributed by atoms with Gasteiger partial charge in [0.15, 0.2) is 0 Å². The third-order valence-electron chi connectivity index (χ3n) is 2.22. The molecule has 0 saturated carbocycles. The molecule has 15 heavy (non-hydrogen) atoms. The summed E-state index contributed by atoms with van der Waals surface area (Å²) in [5, 5.41) is 13.0. The molecule has 0 radical (unpaired) electrons. The Bertz CT molecular complexity index is 307. The first-order chi connectivity index (χ1) is 7.25. The molecule has 1 aromatic heterocycles. The minimum absolute atomic E-state index is 0.400. The maximum Gasteiger partial charge on any atom is 0.266 e. The fourth-order valence-corrected chi connectivity index (χ4v) is 1.47. The quantitative estimate of drug-likeness (QED) is 0.751. The average molecular weight is 213 g/mol. The lowest BCUT2D eigenvalue weighted by molar-refractivity contribution is 0.121. The number of rotatable bonds is 3. The molecular formula is C9H15N3O3. The maximum atomic E-state index is 9.16. The molecule has 1 N–H and O–H groups in total. The predicted octanol–water partition coefficient (Wildman–Crippen LogP) is -0.171.